The molecule has 0 aliphatic carbocycles. The zero-order valence-electron chi connectivity index (χ0n) is 14.0. The summed E-state index contributed by atoms with van der Waals surface area (Å²) in [6.45, 7) is 3.85. The molecule has 0 atom stereocenters. The van der Waals surface area contributed by atoms with Crippen LogP contribution in [0.25, 0.3) is 5.69 Å². The van der Waals surface area contributed by atoms with Crippen molar-refractivity contribution < 1.29 is 18.0 Å². The van der Waals surface area contributed by atoms with Crippen LogP contribution in [-0.4, -0.2) is 20.7 Å². The van der Waals surface area contributed by atoms with E-state index in [4.69, 9.17) is 0 Å². The van der Waals surface area contributed by atoms with Gasteiger partial charge in [-0.1, -0.05) is 24.6 Å². The molecule has 0 saturated heterocycles. The van der Waals surface area contributed by atoms with E-state index < -0.39 is 17.8 Å². The van der Waals surface area contributed by atoms with Crippen molar-refractivity contribution in [2.45, 2.75) is 26.4 Å². The van der Waals surface area contributed by atoms with Crippen LogP contribution in [0, 0.1) is 6.92 Å². The average Bonchev–Trinajstić information content (AvgIpc) is 3.21. The van der Waals surface area contributed by atoms with Gasteiger partial charge >= 0.3 is 6.18 Å². The Kier molecular flexibility index (Phi) is 4.82. The van der Waals surface area contributed by atoms with Gasteiger partial charge in [0.05, 0.1) is 23.1 Å². The second-order valence-electron chi connectivity index (χ2n) is 5.60. The van der Waals surface area contributed by atoms with Crippen LogP contribution in [0.3, 0.4) is 0 Å². The first-order valence-electron chi connectivity index (χ1n) is 7.77. The van der Waals surface area contributed by atoms with Crippen molar-refractivity contribution in [3.63, 3.8) is 0 Å². The number of benzene rings is 1. The monoisotopic (exact) mass is 380 g/mol. The zero-order valence-corrected chi connectivity index (χ0v) is 14.8. The van der Waals surface area contributed by atoms with Crippen molar-refractivity contribution in [3.8, 4) is 5.69 Å². The van der Waals surface area contributed by atoms with Crippen LogP contribution in [0.5, 0.6) is 0 Å². The van der Waals surface area contributed by atoms with Crippen LogP contribution in [-0.2, 0) is 12.6 Å². The molecule has 136 valence electrons. The maximum Gasteiger partial charge on any atom is 0.434 e. The van der Waals surface area contributed by atoms with E-state index in [1.165, 1.54) is 6.20 Å². The molecule has 0 unspecified atom stereocenters. The number of carbonyl (C=O) groups is 1. The number of hydrogen-bond donors (Lipinski definition) is 1. The van der Waals surface area contributed by atoms with Gasteiger partial charge in [0.1, 0.15) is 0 Å². The van der Waals surface area contributed by atoms with E-state index in [0.29, 0.717) is 17.7 Å². The molecule has 0 fully saturated rings. The lowest BCUT2D eigenvalue weighted by atomic mass is 10.2. The van der Waals surface area contributed by atoms with E-state index >= 15 is 0 Å². The van der Waals surface area contributed by atoms with Crippen molar-refractivity contribution in [1.29, 1.82) is 0 Å². The third-order valence-corrected chi connectivity index (χ3v) is 4.50. The van der Waals surface area contributed by atoms with Gasteiger partial charge in [0, 0.05) is 5.38 Å². The largest absolute Gasteiger partial charge is 0.434 e. The van der Waals surface area contributed by atoms with Crippen LogP contribution in [0.1, 0.15) is 34.2 Å². The number of aryl methyl sites for hydroxylation is 1. The van der Waals surface area contributed by atoms with Crippen LogP contribution >= 0.6 is 11.3 Å². The average molecular weight is 380 g/mol. The Morgan fingerprint density at radius 1 is 1.27 bits per heavy atom. The Labute approximate surface area is 151 Å². The normalized spacial score (nSPS) is 11.6. The molecule has 0 saturated carbocycles. The summed E-state index contributed by atoms with van der Waals surface area (Å²) in [6, 6.07) is 7.65. The Morgan fingerprint density at radius 2 is 1.96 bits per heavy atom. The topological polar surface area (TPSA) is 59.8 Å². The van der Waals surface area contributed by atoms with Crippen LogP contribution in [0.2, 0.25) is 0 Å². The lowest BCUT2D eigenvalue weighted by molar-refractivity contribution is -0.140. The number of hydrogen-bond acceptors (Lipinski definition) is 4. The van der Waals surface area contributed by atoms with Gasteiger partial charge in [0.15, 0.2) is 10.8 Å². The number of nitrogens with zero attached hydrogens (tertiary/aromatic N) is 3. The van der Waals surface area contributed by atoms with E-state index in [-0.39, 0.29) is 5.13 Å². The molecule has 2 heterocycles. The highest BCUT2D eigenvalue weighted by atomic mass is 32.1. The van der Waals surface area contributed by atoms with Crippen molar-refractivity contribution in [1.82, 2.24) is 14.8 Å². The summed E-state index contributed by atoms with van der Waals surface area (Å²) in [5.41, 5.74) is 1.85. The van der Waals surface area contributed by atoms with Gasteiger partial charge in [0.2, 0.25) is 0 Å². The van der Waals surface area contributed by atoms with Gasteiger partial charge < -0.3 is 0 Å². The molecule has 0 spiro atoms. The standard InChI is InChI=1S/C17H15F3N4OS/c1-3-13-12(8-21-24(13)11-6-4-10(2)5-7-11)15(25)23-16-22-14(9-26-16)17(18,19)20/h4-9H,3H2,1-2H3,(H,22,23,25). The highest BCUT2D eigenvalue weighted by Gasteiger charge is 2.34. The van der Waals surface area contributed by atoms with Crippen molar-refractivity contribution in [2.75, 3.05) is 5.32 Å². The lowest BCUT2D eigenvalue weighted by Gasteiger charge is -2.08. The number of anilines is 1. The second-order valence-corrected chi connectivity index (χ2v) is 6.45. The number of thiazole rings is 1. The van der Waals surface area contributed by atoms with Gasteiger partial charge in [-0.25, -0.2) is 9.67 Å². The minimum absolute atomic E-state index is 0.104. The molecule has 0 radical (unpaired) electrons. The summed E-state index contributed by atoms with van der Waals surface area (Å²) in [6.07, 6.45) is -2.60. The Bertz CT molecular complexity index is 928. The minimum Gasteiger partial charge on any atom is -0.298 e. The van der Waals surface area contributed by atoms with Crippen LogP contribution < -0.4 is 5.32 Å². The number of rotatable bonds is 4. The molecule has 1 amide bonds. The van der Waals surface area contributed by atoms with Gasteiger partial charge in [-0.15, -0.1) is 11.3 Å². The molecule has 3 rings (SSSR count). The molecular weight excluding hydrogens is 365 g/mol. The summed E-state index contributed by atoms with van der Waals surface area (Å²) >= 11 is 0.727. The van der Waals surface area contributed by atoms with E-state index in [2.05, 4.69) is 15.4 Å². The molecule has 26 heavy (non-hydrogen) atoms. The SMILES string of the molecule is CCc1c(C(=O)Nc2nc(C(F)(F)F)cs2)cnn1-c1ccc(C)cc1. The molecule has 0 bridgehead atoms. The van der Waals surface area contributed by atoms with Crippen LogP contribution in [0.4, 0.5) is 18.3 Å². The molecule has 0 aliphatic heterocycles. The minimum atomic E-state index is -4.54. The van der Waals surface area contributed by atoms with E-state index in [1.807, 2.05) is 38.1 Å². The number of carbonyl (C=O) groups excluding carboxylic acids is 1. The third kappa shape index (κ3) is 3.62. The van der Waals surface area contributed by atoms with Crippen molar-refractivity contribution in [2.24, 2.45) is 0 Å². The Hall–Kier alpha value is -2.68. The smallest absolute Gasteiger partial charge is 0.298 e. The maximum absolute atomic E-state index is 12.6. The first-order chi connectivity index (χ1) is 12.3. The first-order valence-corrected chi connectivity index (χ1v) is 8.65. The summed E-state index contributed by atoms with van der Waals surface area (Å²) in [4.78, 5) is 15.9. The fraction of sp³-hybridized carbons (Fsp3) is 0.235. The summed E-state index contributed by atoms with van der Waals surface area (Å²) in [5.74, 6) is -0.539. The fourth-order valence-corrected chi connectivity index (χ4v) is 3.15. The molecular formula is C17H15F3N4OS. The predicted octanol–water partition coefficient (Wildman–Crippen LogP) is 4.47. The Balaban J connectivity index is 1.86. The second kappa shape index (κ2) is 6.91. The maximum atomic E-state index is 12.6. The molecule has 3 aromatic rings. The predicted molar refractivity (Wildman–Crippen MR) is 92.7 cm³/mol. The van der Waals surface area contributed by atoms with Gasteiger partial charge in [-0.05, 0) is 25.5 Å². The number of alkyl halides is 3. The quantitative estimate of drug-likeness (QED) is 0.726. The van der Waals surface area contributed by atoms with Gasteiger partial charge in [0.25, 0.3) is 5.91 Å². The molecule has 1 aromatic carbocycles. The van der Waals surface area contributed by atoms with Crippen molar-refractivity contribution >= 4 is 22.4 Å². The first kappa shape index (κ1) is 18.1. The number of amides is 1. The number of halogens is 3. The molecule has 0 aliphatic rings. The van der Waals surface area contributed by atoms with E-state index in [0.717, 1.165) is 28.0 Å². The van der Waals surface area contributed by atoms with E-state index in [9.17, 15) is 18.0 Å². The fourth-order valence-electron chi connectivity index (χ4n) is 2.44. The summed E-state index contributed by atoms with van der Waals surface area (Å²) in [7, 11) is 0. The molecule has 9 heteroatoms. The Morgan fingerprint density at radius 3 is 2.54 bits per heavy atom. The van der Waals surface area contributed by atoms with Crippen LogP contribution in [0.15, 0.2) is 35.8 Å². The summed E-state index contributed by atoms with van der Waals surface area (Å²) in [5, 5.41) is 7.43. The molecule has 2 aromatic heterocycles. The zero-order chi connectivity index (χ0) is 18.9. The lowest BCUT2D eigenvalue weighted by Crippen LogP contribution is -2.14. The molecule has 5 nitrogen and oxygen atoms in total. The highest BCUT2D eigenvalue weighted by Crippen LogP contribution is 2.31. The third-order valence-electron chi connectivity index (χ3n) is 3.74. The van der Waals surface area contributed by atoms with Crippen molar-refractivity contribution in [3.05, 3.63) is 58.4 Å². The van der Waals surface area contributed by atoms with Gasteiger partial charge in [-0.2, -0.15) is 18.3 Å². The highest BCUT2D eigenvalue weighted by molar-refractivity contribution is 7.14. The number of nitrogens with one attached hydrogen (secondary N) is 1. The number of aromatic nitrogens is 3. The molecule has 1 N–H and O–H groups in total. The van der Waals surface area contributed by atoms with E-state index in [1.54, 1.807) is 4.68 Å². The summed E-state index contributed by atoms with van der Waals surface area (Å²) < 4.78 is 39.5. The van der Waals surface area contributed by atoms with Gasteiger partial charge in [-0.3, -0.25) is 10.1 Å².